The van der Waals surface area contributed by atoms with Crippen molar-refractivity contribution in [1.29, 1.82) is 0 Å². The molecule has 0 aliphatic carbocycles. The fourth-order valence-electron chi connectivity index (χ4n) is 2.16. The van der Waals surface area contributed by atoms with E-state index in [2.05, 4.69) is 11.4 Å². The van der Waals surface area contributed by atoms with Crippen molar-refractivity contribution >= 4 is 5.69 Å². The predicted molar refractivity (Wildman–Crippen MR) is 79.5 cm³/mol. The minimum absolute atomic E-state index is 0.0311. The number of halogens is 1. The lowest BCUT2D eigenvalue weighted by atomic mass is 10.1. The molecule has 0 amide bonds. The van der Waals surface area contributed by atoms with Crippen molar-refractivity contribution in [3.63, 3.8) is 0 Å². The molecule has 2 aromatic rings. The van der Waals surface area contributed by atoms with Crippen LogP contribution in [0.1, 0.15) is 29.7 Å². The number of benzene rings is 2. The van der Waals surface area contributed by atoms with Gasteiger partial charge in [0.05, 0.1) is 4.92 Å². The zero-order valence-electron chi connectivity index (χ0n) is 12.0. The molecule has 2 aromatic carbocycles. The molecular weight excluding hydrogens is 271 g/mol. The smallest absolute Gasteiger partial charge is 0.305 e. The zero-order chi connectivity index (χ0) is 15.4. The minimum Gasteiger partial charge on any atom is -0.306 e. The highest BCUT2D eigenvalue weighted by atomic mass is 19.1. The van der Waals surface area contributed by atoms with Gasteiger partial charge in [0.2, 0.25) is 5.82 Å². The highest BCUT2D eigenvalue weighted by molar-refractivity contribution is 5.36. The van der Waals surface area contributed by atoms with Gasteiger partial charge < -0.3 is 5.32 Å². The molecule has 0 unspecified atom stereocenters. The first kappa shape index (κ1) is 15.1. The van der Waals surface area contributed by atoms with Gasteiger partial charge in [0.1, 0.15) is 0 Å². The number of nitrogens with one attached hydrogen (secondary N) is 1. The summed E-state index contributed by atoms with van der Waals surface area (Å²) in [5.41, 5.74) is 2.06. The third-order valence-corrected chi connectivity index (χ3v) is 3.40. The largest absolute Gasteiger partial charge is 0.306 e. The molecule has 0 spiro atoms. The molecule has 0 heterocycles. The molecule has 21 heavy (non-hydrogen) atoms. The normalized spacial score (nSPS) is 12.1. The first-order chi connectivity index (χ1) is 9.99. The van der Waals surface area contributed by atoms with Crippen LogP contribution in [-0.4, -0.2) is 4.92 Å². The molecule has 0 bridgehead atoms. The van der Waals surface area contributed by atoms with E-state index in [0.29, 0.717) is 5.56 Å². The Labute approximate surface area is 122 Å². The molecule has 1 atom stereocenters. The zero-order valence-corrected chi connectivity index (χ0v) is 12.0. The van der Waals surface area contributed by atoms with E-state index >= 15 is 0 Å². The standard InChI is InChI=1S/C16H17FN2O2/c1-11-5-3-6-13(9-11)12(2)18-10-14-7-4-8-15(16(14)17)19(20)21/h3-9,12,18H,10H2,1-2H3/t12-/m0/s1. The predicted octanol–water partition coefficient (Wildman–Crippen LogP) is 3.89. The van der Waals surface area contributed by atoms with Crippen molar-refractivity contribution in [2.45, 2.75) is 26.4 Å². The Morgan fingerprint density at radius 3 is 2.67 bits per heavy atom. The Morgan fingerprint density at radius 2 is 2.00 bits per heavy atom. The summed E-state index contributed by atoms with van der Waals surface area (Å²) in [7, 11) is 0. The number of hydrogen-bond donors (Lipinski definition) is 1. The number of nitro groups is 1. The van der Waals surface area contributed by atoms with E-state index in [0.717, 1.165) is 11.1 Å². The summed E-state index contributed by atoms with van der Waals surface area (Å²) < 4.78 is 14.0. The molecule has 0 aliphatic heterocycles. The molecule has 0 saturated carbocycles. The van der Waals surface area contributed by atoms with E-state index in [1.54, 1.807) is 6.07 Å². The minimum atomic E-state index is -0.772. The Kier molecular flexibility index (Phi) is 4.65. The second-order valence-electron chi connectivity index (χ2n) is 5.02. The van der Waals surface area contributed by atoms with Gasteiger partial charge in [-0.1, -0.05) is 42.0 Å². The van der Waals surface area contributed by atoms with Gasteiger partial charge >= 0.3 is 5.69 Å². The number of rotatable bonds is 5. The number of nitrogens with zero attached hydrogens (tertiary/aromatic N) is 1. The summed E-state index contributed by atoms with van der Waals surface area (Å²) in [5.74, 6) is -0.772. The quantitative estimate of drug-likeness (QED) is 0.670. The van der Waals surface area contributed by atoms with E-state index in [9.17, 15) is 14.5 Å². The van der Waals surface area contributed by atoms with Crippen molar-refractivity contribution in [1.82, 2.24) is 5.32 Å². The van der Waals surface area contributed by atoms with Gasteiger partial charge in [0.25, 0.3) is 0 Å². The molecule has 4 nitrogen and oxygen atoms in total. The lowest BCUT2D eigenvalue weighted by Crippen LogP contribution is -2.19. The number of aryl methyl sites for hydroxylation is 1. The lowest BCUT2D eigenvalue weighted by Gasteiger charge is -2.15. The van der Waals surface area contributed by atoms with Gasteiger partial charge in [0.15, 0.2) is 0 Å². The van der Waals surface area contributed by atoms with Crippen LogP contribution in [0.3, 0.4) is 0 Å². The average Bonchev–Trinajstić information content (AvgIpc) is 2.45. The lowest BCUT2D eigenvalue weighted by molar-refractivity contribution is -0.387. The number of hydrogen-bond acceptors (Lipinski definition) is 3. The maximum Gasteiger partial charge on any atom is 0.305 e. The Morgan fingerprint density at radius 1 is 1.29 bits per heavy atom. The van der Waals surface area contributed by atoms with Crippen LogP contribution in [0.2, 0.25) is 0 Å². The molecular formula is C16H17FN2O2. The monoisotopic (exact) mass is 288 g/mol. The third kappa shape index (κ3) is 3.64. The van der Waals surface area contributed by atoms with Crippen LogP contribution in [0.4, 0.5) is 10.1 Å². The fourth-order valence-corrected chi connectivity index (χ4v) is 2.16. The third-order valence-electron chi connectivity index (χ3n) is 3.40. The van der Waals surface area contributed by atoms with E-state index in [-0.39, 0.29) is 12.6 Å². The van der Waals surface area contributed by atoms with Crippen molar-refractivity contribution in [2.75, 3.05) is 0 Å². The molecule has 2 rings (SSSR count). The maximum atomic E-state index is 14.0. The molecule has 1 N–H and O–H groups in total. The first-order valence-electron chi connectivity index (χ1n) is 6.70. The Hall–Kier alpha value is -2.27. The van der Waals surface area contributed by atoms with Crippen LogP contribution in [0.15, 0.2) is 42.5 Å². The Balaban J connectivity index is 2.10. The highest BCUT2D eigenvalue weighted by Gasteiger charge is 2.17. The van der Waals surface area contributed by atoms with Gasteiger partial charge in [-0.3, -0.25) is 10.1 Å². The summed E-state index contributed by atoms with van der Waals surface area (Å²) in [4.78, 5) is 10.0. The molecule has 5 heteroatoms. The highest BCUT2D eigenvalue weighted by Crippen LogP contribution is 2.21. The van der Waals surface area contributed by atoms with Crippen LogP contribution in [-0.2, 0) is 6.54 Å². The van der Waals surface area contributed by atoms with E-state index < -0.39 is 16.4 Å². The Bertz CT molecular complexity index is 658. The van der Waals surface area contributed by atoms with Crippen LogP contribution < -0.4 is 5.32 Å². The van der Waals surface area contributed by atoms with Crippen LogP contribution in [0, 0.1) is 22.9 Å². The second-order valence-corrected chi connectivity index (χ2v) is 5.02. The summed E-state index contributed by atoms with van der Waals surface area (Å²) >= 11 is 0. The van der Waals surface area contributed by atoms with Crippen molar-refractivity contribution in [2.24, 2.45) is 0 Å². The summed E-state index contributed by atoms with van der Waals surface area (Å²) in [6.07, 6.45) is 0. The molecule has 0 fully saturated rings. The van der Waals surface area contributed by atoms with Crippen molar-refractivity contribution in [3.8, 4) is 0 Å². The van der Waals surface area contributed by atoms with Gasteiger partial charge in [-0.2, -0.15) is 4.39 Å². The fraction of sp³-hybridized carbons (Fsp3) is 0.250. The average molecular weight is 288 g/mol. The van der Waals surface area contributed by atoms with Crippen molar-refractivity contribution in [3.05, 3.63) is 75.1 Å². The molecule has 0 aromatic heterocycles. The molecule has 0 radical (unpaired) electrons. The van der Waals surface area contributed by atoms with Gasteiger partial charge in [-0.25, -0.2) is 0 Å². The van der Waals surface area contributed by atoms with Crippen molar-refractivity contribution < 1.29 is 9.31 Å². The summed E-state index contributed by atoms with van der Waals surface area (Å²) in [6, 6.07) is 12.3. The topological polar surface area (TPSA) is 55.2 Å². The first-order valence-corrected chi connectivity index (χ1v) is 6.70. The van der Waals surface area contributed by atoms with Gasteiger partial charge in [-0.15, -0.1) is 0 Å². The molecule has 0 saturated heterocycles. The van der Waals surface area contributed by atoms with Gasteiger partial charge in [0, 0.05) is 24.2 Å². The van der Waals surface area contributed by atoms with Gasteiger partial charge in [-0.05, 0) is 19.4 Å². The van der Waals surface area contributed by atoms with Crippen LogP contribution in [0.25, 0.3) is 0 Å². The molecule has 110 valence electrons. The summed E-state index contributed by atoms with van der Waals surface area (Å²) in [6.45, 7) is 4.23. The summed E-state index contributed by atoms with van der Waals surface area (Å²) in [5, 5.41) is 13.9. The number of nitro benzene ring substituents is 1. The maximum absolute atomic E-state index is 14.0. The second kappa shape index (κ2) is 6.45. The van der Waals surface area contributed by atoms with Crippen LogP contribution >= 0.6 is 0 Å². The van der Waals surface area contributed by atoms with E-state index in [4.69, 9.17) is 0 Å². The van der Waals surface area contributed by atoms with E-state index in [1.165, 1.54) is 12.1 Å². The van der Waals surface area contributed by atoms with Crippen LogP contribution in [0.5, 0.6) is 0 Å². The van der Waals surface area contributed by atoms with E-state index in [1.807, 2.05) is 32.0 Å². The SMILES string of the molecule is Cc1cccc([C@H](C)NCc2cccc([N+](=O)[O-])c2F)c1. The molecule has 0 aliphatic rings.